The van der Waals surface area contributed by atoms with Crippen molar-refractivity contribution in [1.82, 2.24) is 9.80 Å². The Labute approximate surface area is 135 Å². The molecule has 0 saturated carbocycles. The molecule has 1 aromatic rings. The molecule has 0 unspecified atom stereocenters. The van der Waals surface area contributed by atoms with Gasteiger partial charge in [0.15, 0.2) is 0 Å². The Balaban J connectivity index is 1.92. The van der Waals surface area contributed by atoms with Crippen molar-refractivity contribution >= 4 is 23.4 Å². The third-order valence-corrected chi connectivity index (χ3v) is 3.88. The van der Waals surface area contributed by atoms with Gasteiger partial charge in [0.1, 0.15) is 6.04 Å². The second kappa shape index (κ2) is 7.13. The molecule has 3 N–H and O–H groups in total. The number of rotatable bonds is 5. The quantitative estimate of drug-likeness (QED) is 0.815. The zero-order chi connectivity index (χ0) is 17.0. The summed E-state index contributed by atoms with van der Waals surface area (Å²) in [6, 6.07) is 6.41. The number of anilines is 1. The fourth-order valence-electron chi connectivity index (χ4n) is 2.63. The molecule has 124 valence electrons. The number of hydrogen-bond acceptors (Lipinski definition) is 4. The lowest BCUT2D eigenvalue weighted by atomic mass is 10.2. The van der Waals surface area contributed by atoms with E-state index in [0.717, 1.165) is 12.1 Å². The van der Waals surface area contributed by atoms with Crippen LogP contribution < -0.4 is 11.1 Å². The number of primary amides is 1. The fraction of sp³-hybridized carbons (Fsp3) is 0.438. The van der Waals surface area contributed by atoms with Crippen molar-refractivity contribution in [3.8, 4) is 0 Å². The van der Waals surface area contributed by atoms with Crippen molar-refractivity contribution in [2.24, 2.45) is 5.73 Å². The van der Waals surface area contributed by atoms with Crippen LogP contribution in [0.15, 0.2) is 24.3 Å². The van der Waals surface area contributed by atoms with Crippen LogP contribution in [0.5, 0.6) is 0 Å². The topological polar surface area (TPSA) is 95.7 Å². The molecule has 1 atom stereocenters. The fourth-order valence-corrected chi connectivity index (χ4v) is 2.63. The summed E-state index contributed by atoms with van der Waals surface area (Å²) in [5.74, 6) is -0.684. The number of hydrogen-bond donors (Lipinski definition) is 2. The van der Waals surface area contributed by atoms with Crippen LogP contribution in [0.2, 0.25) is 0 Å². The van der Waals surface area contributed by atoms with Crippen LogP contribution in [0.4, 0.5) is 5.69 Å². The first-order chi connectivity index (χ1) is 10.9. The summed E-state index contributed by atoms with van der Waals surface area (Å²) in [4.78, 5) is 38.3. The van der Waals surface area contributed by atoms with E-state index >= 15 is 0 Å². The zero-order valence-electron chi connectivity index (χ0n) is 13.4. The van der Waals surface area contributed by atoms with E-state index in [4.69, 9.17) is 5.73 Å². The Morgan fingerprint density at radius 2 is 1.91 bits per heavy atom. The molecule has 2 rings (SSSR count). The average Bonchev–Trinajstić information content (AvgIpc) is 3.02. The molecule has 7 heteroatoms. The molecule has 1 saturated heterocycles. The van der Waals surface area contributed by atoms with Crippen LogP contribution in [0.25, 0.3) is 0 Å². The monoisotopic (exact) mass is 318 g/mol. The minimum absolute atomic E-state index is 0.0750. The van der Waals surface area contributed by atoms with Gasteiger partial charge in [-0.3, -0.25) is 14.4 Å². The van der Waals surface area contributed by atoms with Gasteiger partial charge in [0.25, 0.3) is 5.91 Å². The van der Waals surface area contributed by atoms with Crippen molar-refractivity contribution in [2.45, 2.75) is 18.9 Å². The number of benzene rings is 1. The summed E-state index contributed by atoms with van der Waals surface area (Å²) in [5, 5.41) is 3.01. The number of likely N-dealkylation sites (tertiary alicyclic amines) is 1. The maximum atomic E-state index is 12.2. The van der Waals surface area contributed by atoms with E-state index in [1.54, 1.807) is 38.4 Å². The van der Waals surface area contributed by atoms with Gasteiger partial charge in [0, 0.05) is 31.9 Å². The molecule has 1 aromatic carbocycles. The lowest BCUT2D eigenvalue weighted by Gasteiger charge is -2.22. The summed E-state index contributed by atoms with van der Waals surface area (Å²) in [7, 11) is 3.39. The first-order valence-electron chi connectivity index (χ1n) is 7.54. The molecule has 0 radical (unpaired) electrons. The smallest absolute Gasteiger partial charge is 0.253 e. The predicted octanol–water partition coefficient (Wildman–Crippen LogP) is 0.277. The third-order valence-electron chi connectivity index (χ3n) is 3.88. The second-order valence-electron chi connectivity index (χ2n) is 5.78. The van der Waals surface area contributed by atoms with Crippen LogP contribution in [-0.4, -0.2) is 60.7 Å². The first kappa shape index (κ1) is 16.8. The number of amides is 3. The number of carbonyl (C=O) groups excluding carboxylic acids is 3. The molecule has 23 heavy (non-hydrogen) atoms. The molecule has 0 aromatic heterocycles. The van der Waals surface area contributed by atoms with E-state index in [9.17, 15) is 14.4 Å². The van der Waals surface area contributed by atoms with Gasteiger partial charge in [-0.1, -0.05) is 0 Å². The largest absolute Gasteiger partial charge is 0.376 e. The van der Waals surface area contributed by atoms with Gasteiger partial charge in [0.2, 0.25) is 11.8 Å². The highest BCUT2D eigenvalue weighted by atomic mass is 16.2. The van der Waals surface area contributed by atoms with Crippen LogP contribution in [0, 0.1) is 0 Å². The molecule has 1 fully saturated rings. The molecule has 1 heterocycles. The molecule has 3 amide bonds. The van der Waals surface area contributed by atoms with Crippen molar-refractivity contribution in [3.05, 3.63) is 29.8 Å². The van der Waals surface area contributed by atoms with Crippen LogP contribution in [0.1, 0.15) is 23.2 Å². The molecule has 1 aliphatic rings. The number of nitrogens with two attached hydrogens (primary N) is 1. The van der Waals surface area contributed by atoms with Crippen molar-refractivity contribution in [3.63, 3.8) is 0 Å². The Morgan fingerprint density at radius 3 is 2.48 bits per heavy atom. The van der Waals surface area contributed by atoms with Crippen molar-refractivity contribution in [2.75, 3.05) is 32.5 Å². The standard InChI is InChI=1S/C16H22N4O3/c1-19(2)16(23)11-5-7-12(8-6-11)18-10-14(21)20-9-3-4-13(20)15(17)22/h5-8,13,18H,3-4,9-10H2,1-2H3,(H2,17,22)/t13-/m0/s1. The highest BCUT2D eigenvalue weighted by molar-refractivity contribution is 5.94. The normalized spacial score (nSPS) is 17.0. The van der Waals surface area contributed by atoms with Gasteiger partial charge in [-0.15, -0.1) is 0 Å². The third kappa shape index (κ3) is 4.00. The molecular weight excluding hydrogens is 296 g/mol. The first-order valence-corrected chi connectivity index (χ1v) is 7.54. The zero-order valence-corrected chi connectivity index (χ0v) is 13.4. The number of nitrogens with one attached hydrogen (secondary N) is 1. The lowest BCUT2D eigenvalue weighted by molar-refractivity contribution is -0.135. The van der Waals surface area contributed by atoms with E-state index in [2.05, 4.69) is 5.32 Å². The van der Waals surface area contributed by atoms with Gasteiger partial charge in [-0.25, -0.2) is 0 Å². The minimum Gasteiger partial charge on any atom is -0.376 e. The lowest BCUT2D eigenvalue weighted by Crippen LogP contribution is -2.45. The molecular formula is C16H22N4O3. The second-order valence-corrected chi connectivity index (χ2v) is 5.78. The molecule has 0 bridgehead atoms. The van der Waals surface area contributed by atoms with E-state index in [0.29, 0.717) is 18.5 Å². The van der Waals surface area contributed by atoms with Gasteiger partial charge in [-0.2, -0.15) is 0 Å². The summed E-state index contributed by atoms with van der Waals surface area (Å²) in [6.45, 7) is 0.648. The minimum atomic E-state index is -0.496. The highest BCUT2D eigenvalue weighted by Crippen LogP contribution is 2.17. The highest BCUT2D eigenvalue weighted by Gasteiger charge is 2.32. The Kier molecular flexibility index (Phi) is 5.20. The SMILES string of the molecule is CN(C)C(=O)c1ccc(NCC(=O)N2CCC[C@H]2C(N)=O)cc1. The summed E-state index contributed by atoms with van der Waals surface area (Å²) >= 11 is 0. The van der Waals surface area contributed by atoms with Gasteiger partial charge < -0.3 is 20.9 Å². The molecule has 1 aliphatic heterocycles. The van der Waals surface area contributed by atoms with E-state index in [-0.39, 0.29) is 18.4 Å². The van der Waals surface area contributed by atoms with E-state index in [1.165, 1.54) is 9.80 Å². The Morgan fingerprint density at radius 1 is 1.26 bits per heavy atom. The van der Waals surface area contributed by atoms with Crippen LogP contribution in [0.3, 0.4) is 0 Å². The number of carbonyl (C=O) groups is 3. The number of nitrogens with zero attached hydrogens (tertiary/aromatic N) is 2. The van der Waals surface area contributed by atoms with E-state index < -0.39 is 11.9 Å². The van der Waals surface area contributed by atoms with E-state index in [1.807, 2.05) is 0 Å². The summed E-state index contributed by atoms with van der Waals surface area (Å²) in [5.41, 5.74) is 6.64. The molecule has 7 nitrogen and oxygen atoms in total. The van der Waals surface area contributed by atoms with Crippen LogP contribution >= 0.6 is 0 Å². The maximum Gasteiger partial charge on any atom is 0.253 e. The van der Waals surface area contributed by atoms with Gasteiger partial charge >= 0.3 is 0 Å². The predicted molar refractivity (Wildman–Crippen MR) is 86.9 cm³/mol. The Hall–Kier alpha value is -2.57. The van der Waals surface area contributed by atoms with Gasteiger partial charge in [-0.05, 0) is 37.1 Å². The Bertz CT molecular complexity index is 598. The summed E-state index contributed by atoms with van der Waals surface area (Å²) in [6.07, 6.45) is 1.42. The van der Waals surface area contributed by atoms with Crippen molar-refractivity contribution < 1.29 is 14.4 Å². The average molecular weight is 318 g/mol. The molecule has 0 spiro atoms. The van der Waals surface area contributed by atoms with Crippen LogP contribution in [-0.2, 0) is 9.59 Å². The van der Waals surface area contributed by atoms with Gasteiger partial charge in [0.05, 0.1) is 6.54 Å². The summed E-state index contributed by atoms with van der Waals surface area (Å²) < 4.78 is 0. The maximum absolute atomic E-state index is 12.2. The van der Waals surface area contributed by atoms with Crippen molar-refractivity contribution in [1.29, 1.82) is 0 Å². The molecule has 0 aliphatic carbocycles.